The van der Waals surface area contributed by atoms with Crippen LogP contribution in [0.2, 0.25) is 5.15 Å². The van der Waals surface area contributed by atoms with Crippen molar-refractivity contribution in [2.45, 2.75) is 38.6 Å². The highest BCUT2D eigenvalue weighted by atomic mass is 35.5. The van der Waals surface area contributed by atoms with Crippen molar-refractivity contribution in [3.8, 4) is 0 Å². The van der Waals surface area contributed by atoms with Gasteiger partial charge in [0.05, 0.1) is 5.71 Å². The van der Waals surface area contributed by atoms with Crippen LogP contribution in [-0.4, -0.2) is 22.8 Å². The fourth-order valence-corrected chi connectivity index (χ4v) is 4.16. The van der Waals surface area contributed by atoms with Gasteiger partial charge in [0.15, 0.2) is 17.5 Å². The van der Waals surface area contributed by atoms with Gasteiger partial charge in [-0.3, -0.25) is 4.79 Å². The van der Waals surface area contributed by atoms with Gasteiger partial charge in [0, 0.05) is 30.3 Å². The molecule has 0 bridgehead atoms. The Bertz CT molecular complexity index is 1400. The van der Waals surface area contributed by atoms with E-state index in [2.05, 4.69) is 15.5 Å². The van der Waals surface area contributed by atoms with Crippen molar-refractivity contribution in [3.05, 3.63) is 98.6 Å². The first kappa shape index (κ1) is 26.5. The number of pyridine rings is 1. The summed E-state index contributed by atoms with van der Waals surface area (Å²) in [5.74, 6) is -5.89. The van der Waals surface area contributed by atoms with Gasteiger partial charge in [-0.05, 0) is 66.4 Å². The molecule has 1 aliphatic rings. The monoisotopic (exact) mass is 541 g/mol. The van der Waals surface area contributed by atoms with Gasteiger partial charge in [-0.1, -0.05) is 22.8 Å². The van der Waals surface area contributed by atoms with E-state index >= 15 is 0 Å². The summed E-state index contributed by atoms with van der Waals surface area (Å²) in [7, 11) is 0. The molecule has 0 aliphatic carbocycles. The van der Waals surface area contributed by atoms with E-state index in [0.717, 1.165) is 11.1 Å². The number of rotatable bonds is 5. The number of halogens is 7. The van der Waals surface area contributed by atoms with Crippen LogP contribution in [0.3, 0.4) is 0 Å². The summed E-state index contributed by atoms with van der Waals surface area (Å²) in [6, 6.07) is 6.38. The number of carbonyl (C=O) groups is 1. The highest BCUT2D eigenvalue weighted by Crippen LogP contribution is 2.49. The Balaban J connectivity index is 1.55. The molecular weight excluding hydrogens is 524 g/mol. The summed E-state index contributed by atoms with van der Waals surface area (Å²) in [6.07, 6.45) is -4.52. The molecular formula is C25H18ClF6N3O2. The number of alkyl halides is 3. The summed E-state index contributed by atoms with van der Waals surface area (Å²) in [5.41, 5.74) is -1.84. The molecule has 12 heteroatoms. The third-order valence-corrected chi connectivity index (χ3v) is 6.27. The second-order valence-corrected chi connectivity index (χ2v) is 8.92. The Morgan fingerprint density at radius 2 is 1.76 bits per heavy atom. The fourth-order valence-electron chi connectivity index (χ4n) is 3.95. The summed E-state index contributed by atoms with van der Waals surface area (Å²) in [4.78, 5) is 21.4. The lowest BCUT2D eigenvalue weighted by molar-refractivity contribution is -0.276. The second-order valence-electron chi connectivity index (χ2n) is 8.53. The number of aromatic nitrogens is 1. The van der Waals surface area contributed by atoms with Crippen LogP contribution in [0.25, 0.3) is 0 Å². The van der Waals surface area contributed by atoms with Crippen LogP contribution >= 0.6 is 11.6 Å². The first-order chi connectivity index (χ1) is 17.3. The van der Waals surface area contributed by atoms with Crippen molar-refractivity contribution in [3.63, 3.8) is 0 Å². The first-order valence-corrected chi connectivity index (χ1v) is 11.2. The lowest BCUT2D eigenvalue weighted by atomic mass is 9.86. The molecule has 194 valence electrons. The van der Waals surface area contributed by atoms with E-state index in [-0.39, 0.29) is 35.5 Å². The molecule has 0 fully saturated rings. The van der Waals surface area contributed by atoms with Gasteiger partial charge in [0.25, 0.3) is 11.5 Å². The molecule has 0 spiro atoms. The molecule has 0 radical (unpaired) electrons. The molecule has 0 saturated carbocycles. The predicted molar refractivity (Wildman–Crippen MR) is 123 cm³/mol. The minimum atomic E-state index is -5.14. The minimum Gasteiger partial charge on any atom is -0.374 e. The number of aryl methyl sites for hydroxylation is 2. The molecule has 2 heterocycles. The van der Waals surface area contributed by atoms with Gasteiger partial charge in [-0.15, -0.1) is 0 Å². The first-order valence-electron chi connectivity index (χ1n) is 10.8. The maximum atomic E-state index is 14.1. The van der Waals surface area contributed by atoms with E-state index < -0.39 is 47.1 Å². The zero-order valence-electron chi connectivity index (χ0n) is 19.3. The number of hydrogen-bond acceptors (Lipinski definition) is 4. The Morgan fingerprint density at radius 3 is 2.35 bits per heavy atom. The molecule has 5 nitrogen and oxygen atoms in total. The highest BCUT2D eigenvalue weighted by molar-refractivity contribution is 6.29. The molecule has 1 aliphatic heterocycles. The highest BCUT2D eigenvalue weighted by Gasteiger charge is 2.62. The number of oxime groups is 1. The van der Waals surface area contributed by atoms with Crippen LogP contribution in [-0.2, 0) is 17.0 Å². The van der Waals surface area contributed by atoms with Gasteiger partial charge >= 0.3 is 6.18 Å². The molecule has 1 amide bonds. The van der Waals surface area contributed by atoms with Crippen molar-refractivity contribution in [1.29, 1.82) is 0 Å². The number of benzene rings is 2. The van der Waals surface area contributed by atoms with E-state index in [0.29, 0.717) is 10.7 Å². The van der Waals surface area contributed by atoms with Crippen molar-refractivity contribution in [2.75, 3.05) is 0 Å². The van der Waals surface area contributed by atoms with Gasteiger partial charge in [-0.25, -0.2) is 18.2 Å². The average Bonchev–Trinajstić information content (AvgIpc) is 3.28. The van der Waals surface area contributed by atoms with Crippen molar-refractivity contribution >= 4 is 23.2 Å². The van der Waals surface area contributed by atoms with E-state index in [1.807, 2.05) is 6.92 Å². The lowest BCUT2D eigenvalue weighted by Crippen LogP contribution is -2.43. The number of nitrogens with one attached hydrogen (secondary N) is 1. The third kappa shape index (κ3) is 5.00. The van der Waals surface area contributed by atoms with Crippen LogP contribution in [0.1, 0.15) is 44.6 Å². The summed E-state index contributed by atoms with van der Waals surface area (Å²) in [5, 5.41) is 6.60. The average molecular weight is 542 g/mol. The number of amides is 1. The largest absolute Gasteiger partial charge is 0.435 e. The van der Waals surface area contributed by atoms with E-state index in [1.54, 1.807) is 13.0 Å². The standard InChI is InChI=1S/C25H18ClF6N3O2/c1-12-6-21(26)33-10-15(12)11-34-23(36)17-4-3-14(5-13(17)2)20-9-24(37-35-20,25(30,31)32)16-7-18(27)22(29)19(28)8-16/h3-8,10H,9,11H2,1-2H3,(H,34,36). The second kappa shape index (κ2) is 9.70. The molecule has 2 aromatic carbocycles. The Morgan fingerprint density at radius 1 is 1.08 bits per heavy atom. The zero-order chi connectivity index (χ0) is 27.1. The van der Waals surface area contributed by atoms with Crippen LogP contribution in [0.4, 0.5) is 26.3 Å². The molecule has 37 heavy (non-hydrogen) atoms. The fraction of sp³-hybridized carbons (Fsp3) is 0.240. The maximum Gasteiger partial charge on any atom is 0.435 e. The van der Waals surface area contributed by atoms with E-state index in [9.17, 15) is 31.1 Å². The van der Waals surface area contributed by atoms with Gasteiger partial charge in [-0.2, -0.15) is 13.2 Å². The normalized spacial score (nSPS) is 17.4. The van der Waals surface area contributed by atoms with Crippen LogP contribution in [0, 0.1) is 31.3 Å². The van der Waals surface area contributed by atoms with Gasteiger partial charge < -0.3 is 10.2 Å². The molecule has 1 unspecified atom stereocenters. The smallest absolute Gasteiger partial charge is 0.374 e. The number of carbonyl (C=O) groups excluding carboxylic acids is 1. The zero-order valence-corrected chi connectivity index (χ0v) is 20.1. The molecule has 3 aromatic rings. The van der Waals surface area contributed by atoms with E-state index in [1.165, 1.54) is 24.4 Å². The Hall–Kier alpha value is -3.60. The van der Waals surface area contributed by atoms with E-state index in [4.69, 9.17) is 16.4 Å². The topological polar surface area (TPSA) is 63.6 Å². The van der Waals surface area contributed by atoms with Gasteiger partial charge in [0.2, 0.25) is 0 Å². The molecule has 0 saturated heterocycles. The van der Waals surface area contributed by atoms with Crippen molar-refractivity contribution < 1.29 is 36.0 Å². The van der Waals surface area contributed by atoms with Crippen molar-refractivity contribution in [1.82, 2.24) is 10.3 Å². The van der Waals surface area contributed by atoms with Crippen LogP contribution in [0.15, 0.2) is 47.8 Å². The Kier molecular flexibility index (Phi) is 6.93. The van der Waals surface area contributed by atoms with Crippen LogP contribution < -0.4 is 5.32 Å². The predicted octanol–water partition coefficient (Wildman–Crippen LogP) is 6.28. The number of hydrogen-bond donors (Lipinski definition) is 1. The summed E-state index contributed by atoms with van der Waals surface area (Å²) >= 11 is 5.83. The SMILES string of the molecule is Cc1cc(Cl)ncc1CNC(=O)c1ccc(C2=NOC(c3cc(F)c(F)c(F)c3)(C(F)(F)F)C2)cc1C. The molecule has 1 atom stereocenters. The molecule has 1 aromatic heterocycles. The summed E-state index contributed by atoms with van der Waals surface area (Å²) in [6.45, 7) is 3.58. The Labute approximate surface area is 212 Å². The quantitative estimate of drug-likeness (QED) is 0.235. The molecule has 4 rings (SSSR count). The van der Waals surface area contributed by atoms with Crippen LogP contribution in [0.5, 0.6) is 0 Å². The van der Waals surface area contributed by atoms with Crippen molar-refractivity contribution in [2.24, 2.45) is 5.16 Å². The minimum absolute atomic E-state index is 0.166. The third-order valence-electron chi connectivity index (χ3n) is 6.07. The summed E-state index contributed by atoms with van der Waals surface area (Å²) < 4.78 is 83.1. The molecule has 1 N–H and O–H groups in total. The van der Waals surface area contributed by atoms with Gasteiger partial charge in [0.1, 0.15) is 5.15 Å². The maximum absolute atomic E-state index is 14.1. The number of nitrogens with zero attached hydrogens (tertiary/aromatic N) is 2. The lowest BCUT2D eigenvalue weighted by Gasteiger charge is -2.29.